The lowest BCUT2D eigenvalue weighted by Crippen LogP contribution is -2.34. The average Bonchev–Trinajstić information content (AvgIpc) is 2.56. The van der Waals surface area contributed by atoms with Gasteiger partial charge in [-0.2, -0.15) is 11.8 Å². The van der Waals surface area contributed by atoms with Gasteiger partial charge in [0.2, 0.25) is 0 Å². The van der Waals surface area contributed by atoms with Crippen LogP contribution in [0.2, 0.25) is 0 Å². The van der Waals surface area contributed by atoms with Crippen molar-refractivity contribution in [1.82, 2.24) is 9.97 Å². The van der Waals surface area contributed by atoms with Crippen LogP contribution < -0.4 is 10.6 Å². The zero-order chi connectivity index (χ0) is 15.2. The molecule has 1 aromatic heterocycles. The maximum atomic E-state index is 7.49. The van der Waals surface area contributed by atoms with Gasteiger partial charge in [-0.15, -0.1) is 0 Å². The molecule has 4 N–H and O–H groups in total. The van der Waals surface area contributed by atoms with Crippen LogP contribution in [-0.2, 0) is 0 Å². The molecule has 2 heterocycles. The van der Waals surface area contributed by atoms with E-state index in [1.807, 2.05) is 11.8 Å². The Hall–Kier alpha value is -2.15. The molecule has 1 saturated heterocycles. The minimum absolute atomic E-state index is 0.427. The summed E-state index contributed by atoms with van der Waals surface area (Å²) in [5.41, 5.74) is 7.63. The van der Waals surface area contributed by atoms with E-state index in [4.69, 9.17) is 16.6 Å². The van der Waals surface area contributed by atoms with E-state index in [1.165, 1.54) is 6.20 Å². The molecule has 21 heavy (non-hydrogen) atoms. The standard InChI is InChI=1S/C14H18N6S/c1-2-11-12(9-17)18-13(10(7-15)8-16)14(19-11)20-3-5-21-6-4-20/h2,7-9,15,17H,1,3-6,16H2/b10-8+,15-7?,17-9?. The topological polar surface area (TPSA) is 103 Å². The van der Waals surface area contributed by atoms with Crippen molar-refractivity contribution in [3.8, 4) is 0 Å². The number of aromatic nitrogens is 2. The van der Waals surface area contributed by atoms with Gasteiger partial charge >= 0.3 is 0 Å². The molecule has 0 radical (unpaired) electrons. The van der Waals surface area contributed by atoms with E-state index in [1.54, 1.807) is 6.08 Å². The lowest BCUT2D eigenvalue weighted by Gasteiger charge is -2.29. The van der Waals surface area contributed by atoms with E-state index in [-0.39, 0.29) is 0 Å². The Balaban J connectivity index is 2.60. The monoisotopic (exact) mass is 302 g/mol. The average molecular weight is 302 g/mol. The van der Waals surface area contributed by atoms with Gasteiger partial charge in [0.25, 0.3) is 0 Å². The molecule has 2 rings (SSSR count). The lowest BCUT2D eigenvalue weighted by molar-refractivity contribution is 0.829. The molecule has 1 fully saturated rings. The summed E-state index contributed by atoms with van der Waals surface area (Å²) in [6.07, 6.45) is 5.24. The second kappa shape index (κ2) is 7.03. The molecule has 0 atom stereocenters. The lowest BCUT2D eigenvalue weighted by atomic mass is 10.1. The van der Waals surface area contributed by atoms with Gasteiger partial charge in [0.05, 0.1) is 5.69 Å². The van der Waals surface area contributed by atoms with Gasteiger partial charge in [-0.25, -0.2) is 9.97 Å². The van der Waals surface area contributed by atoms with Gasteiger partial charge in [-0.3, -0.25) is 0 Å². The summed E-state index contributed by atoms with van der Waals surface area (Å²) in [5, 5.41) is 14.9. The number of allylic oxidation sites excluding steroid dienone is 1. The van der Waals surface area contributed by atoms with Crippen molar-refractivity contribution < 1.29 is 0 Å². The molecule has 1 aliphatic rings. The smallest absolute Gasteiger partial charge is 0.156 e. The van der Waals surface area contributed by atoms with E-state index < -0.39 is 0 Å². The summed E-state index contributed by atoms with van der Waals surface area (Å²) >= 11 is 1.91. The number of nitrogens with zero attached hydrogens (tertiary/aromatic N) is 3. The van der Waals surface area contributed by atoms with Crippen molar-refractivity contribution in [3.05, 3.63) is 29.9 Å². The fraction of sp³-hybridized carbons (Fsp3) is 0.286. The first-order valence-corrected chi connectivity index (χ1v) is 7.71. The summed E-state index contributed by atoms with van der Waals surface area (Å²) in [6, 6.07) is 0. The molecule has 0 unspecified atom stereocenters. The Morgan fingerprint density at radius 2 is 1.95 bits per heavy atom. The second-order valence-electron chi connectivity index (χ2n) is 4.38. The molecule has 6 nitrogen and oxygen atoms in total. The van der Waals surface area contributed by atoms with Crippen LogP contribution >= 0.6 is 11.8 Å². The van der Waals surface area contributed by atoms with Crippen molar-refractivity contribution in [2.75, 3.05) is 29.5 Å². The summed E-state index contributed by atoms with van der Waals surface area (Å²) < 4.78 is 0. The van der Waals surface area contributed by atoms with Crippen LogP contribution in [0.3, 0.4) is 0 Å². The van der Waals surface area contributed by atoms with Crippen molar-refractivity contribution in [1.29, 1.82) is 10.8 Å². The van der Waals surface area contributed by atoms with Crippen LogP contribution in [0.15, 0.2) is 12.8 Å². The zero-order valence-electron chi connectivity index (χ0n) is 11.7. The minimum Gasteiger partial charge on any atom is -0.404 e. The Morgan fingerprint density at radius 3 is 2.48 bits per heavy atom. The van der Waals surface area contributed by atoms with E-state index in [0.29, 0.717) is 28.5 Å². The van der Waals surface area contributed by atoms with Crippen LogP contribution in [0, 0.1) is 10.8 Å². The molecule has 0 aromatic carbocycles. The highest BCUT2D eigenvalue weighted by atomic mass is 32.2. The summed E-state index contributed by atoms with van der Waals surface area (Å²) in [5.74, 6) is 2.77. The molecular formula is C14H18N6S. The first kappa shape index (κ1) is 15.2. The molecular weight excluding hydrogens is 284 g/mol. The number of hydrogen-bond donors (Lipinski definition) is 3. The summed E-state index contributed by atoms with van der Waals surface area (Å²) in [7, 11) is 0. The SMILES string of the molecule is C=Cc1nc(N2CCSCC2)c(/C(C=N)=C/N)nc1C=N. The van der Waals surface area contributed by atoms with E-state index in [2.05, 4.69) is 21.4 Å². The highest BCUT2D eigenvalue weighted by Crippen LogP contribution is 2.26. The number of rotatable bonds is 5. The van der Waals surface area contributed by atoms with E-state index in [0.717, 1.165) is 37.0 Å². The summed E-state index contributed by atoms with van der Waals surface area (Å²) in [4.78, 5) is 11.2. The van der Waals surface area contributed by atoms with E-state index in [9.17, 15) is 0 Å². The molecule has 0 spiro atoms. The number of thioether (sulfide) groups is 1. The number of anilines is 1. The number of hydrogen-bond acceptors (Lipinski definition) is 7. The predicted molar refractivity (Wildman–Crippen MR) is 90.5 cm³/mol. The summed E-state index contributed by atoms with van der Waals surface area (Å²) in [6.45, 7) is 5.48. The first-order valence-electron chi connectivity index (χ1n) is 6.55. The predicted octanol–water partition coefficient (Wildman–Crippen LogP) is 1.62. The van der Waals surface area contributed by atoms with E-state index >= 15 is 0 Å². The fourth-order valence-electron chi connectivity index (χ4n) is 2.09. The third kappa shape index (κ3) is 3.13. The van der Waals surface area contributed by atoms with Crippen molar-refractivity contribution >= 4 is 41.7 Å². The molecule has 7 heteroatoms. The van der Waals surface area contributed by atoms with Crippen LogP contribution in [0.5, 0.6) is 0 Å². The molecule has 110 valence electrons. The van der Waals surface area contributed by atoms with Gasteiger partial charge in [-0.05, 0) is 6.08 Å². The Morgan fingerprint density at radius 1 is 1.24 bits per heavy atom. The Kier molecular flexibility index (Phi) is 5.10. The highest BCUT2D eigenvalue weighted by Gasteiger charge is 2.20. The number of nitrogens with two attached hydrogens (primary N) is 1. The van der Waals surface area contributed by atoms with Crippen LogP contribution in [0.25, 0.3) is 11.6 Å². The molecule has 0 bridgehead atoms. The van der Waals surface area contributed by atoms with Crippen LogP contribution in [-0.4, -0.2) is 47.0 Å². The van der Waals surface area contributed by atoms with Crippen molar-refractivity contribution in [2.45, 2.75) is 0 Å². The molecule has 1 aliphatic heterocycles. The fourth-order valence-corrected chi connectivity index (χ4v) is 3.00. The largest absolute Gasteiger partial charge is 0.404 e. The molecule has 1 aromatic rings. The number of nitrogens with one attached hydrogen (secondary N) is 2. The molecule has 0 saturated carbocycles. The van der Waals surface area contributed by atoms with Gasteiger partial charge in [0, 0.05) is 48.8 Å². The van der Waals surface area contributed by atoms with Gasteiger partial charge in [0.1, 0.15) is 11.4 Å². The Bertz CT molecular complexity index is 589. The van der Waals surface area contributed by atoms with Gasteiger partial charge in [-0.1, -0.05) is 6.58 Å². The van der Waals surface area contributed by atoms with Crippen LogP contribution in [0.4, 0.5) is 5.82 Å². The molecule has 0 amide bonds. The van der Waals surface area contributed by atoms with Crippen molar-refractivity contribution in [2.24, 2.45) is 5.73 Å². The zero-order valence-corrected chi connectivity index (χ0v) is 12.5. The highest BCUT2D eigenvalue weighted by molar-refractivity contribution is 7.99. The van der Waals surface area contributed by atoms with Gasteiger partial charge < -0.3 is 21.5 Å². The third-order valence-electron chi connectivity index (χ3n) is 3.18. The Labute approximate surface area is 128 Å². The van der Waals surface area contributed by atoms with Gasteiger partial charge in [0.15, 0.2) is 5.82 Å². The third-order valence-corrected chi connectivity index (χ3v) is 4.12. The maximum Gasteiger partial charge on any atom is 0.156 e. The quantitative estimate of drug-likeness (QED) is 0.717. The molecule has 0 aliphatic carbocycles. The first-order chi connectivity index (χ1) is 10.2. The van der Waals surface area contributed by atoms with Crippen molar-refractivity contribution in [3.63, 3.8) is 0 Å². The maximum absolute atomic E-state index is 7.49. The minimum atomic E-state index is 0.427. The van der Waals surface area contributed by atoms with Crippen LogP contribution in [0.1, 0.15) is 17.1 Å². The normalized spacial score (nSPS) is 15.6. The second-order valence-corrected chi connectivity index (χ2v) is 5.61.